The van der Waals surface area contributed by atoms with Gasteiger partial charge in [-0.3, -0.25) is 9.13 Å². The van der Waals surface area contributed by atoms with Crippen LogP contribution in [0.3, 0.4) is 0 Å². The molecule has 1 fully saturated rings. The minimum Gasteiger partial charge on any atom is -0.465 e. The van der Waals surface area contributed by atoms with Crippen molar-refractivity contribution in [3.05, 3.63) is 82.9 Å². The SMILES string of the molecule is COC(=O)c1ccc(-c2ccc(-n3c(=O)n(C4CCNC4)c4ncccc43)cc2)cc1.Cl. The number of carbonyl (C=O) groups excluding carboxylic acids is 1. The molecule has 7 nitrogen and oxygen atoms in total. The largest absolute Gasteiger partial charge is 0.465 e. The zero-order valence-electron chi connectivity index (χ0n) is 17.5. The number of halogens is 1. The van der Waals surface area contributed by atoms with Crippen LogP contribution in [0, 0.1) is 0 Å². The molecule has 0 bridgehead atoms. The number of benzene rings is 2. The molecule has 0 radical (unpaired) electrons. The molecule has 3 heterocycles. The predicted octanol–water partition coefficient (Wildman–Crippen LogP) is 3.60. The molecule has 0 spiro atoms. The Balaban J connectivity index is 0.00000245. The van der Waals surface area contributed by atoms with E-state index in [0.29, 0.717) is 11.2 Å². The number of nitrogens with one attached hydrogen (secondary N) is 1. The molecule has 8 heteroatoms. The van der Waals surface area contributed by atoms with Crippen molar-refractivity contribution < 1.29 is 9.53 Å². The van der Waals surface area contributed by atoms with Gasteiger partial charge in [-0.15, -0.1) is 12.4 Å². The molecule has 1 aliphatic heterocycles. The number of imidazole rings is 1. The topological polar surface area (TPSA) is 78.1 Å². The number of rotatable bonds is 4. The Hall–Kier alpha value is -3.42. The Labute approximate surface area is 191 Å². The van der Waals surface area contributed by atoms with Crippen LogP contribution >= 0.6 is 12.4 Å². The van der Waals surface area contributed by atoms with Crippen molar-refractivity contribution in [1.29, 1.82) is 0 Å². The maximum atomic E-state index is 13.4. The van der Waals surface area contributed by atoms with E-state index in [9.17, 15) is 9.59 Å². The highest BCUT2D eigenvalue weighted by Gasteiger charge is 2.24. The fourth-order valence-electron chi connectivity index (χ4n) is 4.21. The van der Waals surface area contributed by atoms with Gasteiger partial charge >= 0.3 is 11.7 Å². The minimum absolute atomic E-state index is 0. The molecular weight excluding hydrogens is 428 g/mol. The van der Waals surface area contributed by atoms with Gasteiger partial charge in [0, 0.05) is 12.7 Å². The molecule has 1 aliphatic rings. The van der Waals surface area contributed by atoms with E-state index < -0.39 is 0 Å². The summed E-state index contributed by atoms with van der Waals surface area (Å²) in [6.45, 7) is 1.68. The molecule has 1 unspecified atom stereocenters. The summed E-state index contributed by atoms with van der Waals surface area (Å²) in [6, 6.07) is 19.0. The molecule has 1 atom stereocenters. The van der Waals surface area contributed by atoms with E-state index in [2.05, 4.69) is 10.3 Å². The summed E-state index contributed by atoms with van der Waals surface area (Å²) < 4.78 is 8.29. The first kappa shape index (κ1) is 21.8. The summed E-state index contributed by atoms with van der Waals surface area (Å²) in [5.74, 6) is -0.358. The van der Waals surface area contributed by atoms with Gasteiger partial charge in [0.05, 0.1) is 29.9 Å². The Morgan fingerprint density at radius 2 is 1.75 bits per heavy atom. The normalized spacial score (nSPS) is 15.5. The van der Waals surface area contributed by atoms with Crippen molar-refractivity contribution in [2.45, 2.75) is 12.5 Å². The van der Waals surface area contributed by atoms with E-state index in [1.54, 1.807) is 22.9 Å². The summed E-state index contributed by atoms with van der Waals surface area (Å²) >= 11 is 0. The third-order valence-corrected chi connectivity index (χ3v) is 5.80. The molecule has 32 heavy (non-hydrogen) atoms. The van der Waals surface area contributed by atoms with E-state index in [1.165, 1.54) is 7.11 Å². The highest BCUT2D eigenvalue weighted by atomic mass is 35.5. The van der Waals surface area contributed by atoms with Crippen molar-refractivity contribution in [3.8, 4) is 16.8 Å². The van der Waals surface area contributed by atoms with Crippen molar-refractivity contribution >= 4 is 29.5 Å². The van der Waals surface area contributed by atoms with Crippen LogP contribution in [0.1, 0.15) is 22.8 Å². The molecule has 1 saturated heterocycles. The lowest BCUT2D eigenvalue weighted by Crippen LogP contribution is -2.28. The van der Waals surface area contributed by atoms with E-state index in [1.807, 2.05) is 53.1 Å². The first-order valence-corrected chi connectivity index (χ1v) is 10.3. The average Bonchev–Trinajstić information content (AvgIpc) is 3.44. The highest BCUT2D eigenvalue weighted by molar-refractivity contribution is 5.90. The van der Waals surface area contributed by atoms with Crippen molar-refractivity contribution in [2.24, 2.45) is 0 Å². The molecule has 4 aromatic rings. The molecule has 2 aromatic heterocycles. The lowest BCUT2D eigenvalue weighted by atomic mass is 10.0. The molecule has 164 valence electrons. The average molecular weight is 451 g/mol. The summed E-state index contributed by atoms with van der Waals surface area (Å²) in [4.78, 5) is 29.5. The number of aromatic nitrogens is 3. The summed E-state index contributed by atoms with van der Waals surface area (Å²) in [5.41, 5.74) is 4.72. The maximum Gasteiger partial charge on any atom is 0.337 e. The Morgan fingerprint density at radius 3 is 2.38 bits per heavy atom. The second-order valence-electron chi connectivity index (χ2n) is 7.60. The van der Waals surface area contributed by atoms with Crippen molar-refractivity contribution in [3.63, 3.8) is 0 Å². The molecule has 0 saturated carbocycles. The number of ether oxygens (including phenoxy) is 1. The quantitative estimate of drug-likeness (QED) is 0.481. The number of nitrogens with zero attached hydrogens (tertiary/aromatic N) is 3. The zero-order chi connectivity index (χ0) is 21.4. The van der Waals surface area contributed by atoms with Crippen LogP contribution in [-0.4, -0.2) is 40.3 Å². The Morgan fingerprint density at radius 1 is 1.06 bits per heavy atom. The van der Waals surface area contributed by atoms with Crippen LogP contribution in [0.15, 0.2) is 71.7 Å². The van der Waals surface area contributed by atoms with E-state index in [0.717, 1.165) is 41.8 Å². The van der Waals surface area contributed by atoms with Crippen LogP contribution in [0.4, 0.5) is 0 Å². The van der Waals surface area contributed by atoms with Gasteiger partial charge < -0.3 is 10.1 Å². The molecule has 2 aromatic carbocycles. The molecule has 0 aliphatic carbocycles. The maximum absolute atomic E-state index is 13.4. The Bertz CT molecular complexity index is 1300. The van der Waals surface area contributed by atoms with Crippen LogP contribution in [0.25, 0.3) is 28.0 Å². The first-order chi connectivity index (χ1) is 15.2. The lowest BCUT2D eigenvalue weighted by molar-refractivity contribution is 0.0601. The fraction of sp³-hybridized carbons (Fsp3) is 0.208. The van der Waals surface area contributed by atoms with Gasteiger partial charge in [-0.1, -0.05) is 24.3 Å². The second kappa shape index (κ2) is 8.98. The van der Waals surface area contributed by atoms with Crippen LogP contribution in [0.2, 0.25) is 0 Å². The molecule has 0 amide bonds. The second-order valence-corrected chi connectivity index (χ2v) is 7.60. The number of hydrogen-bond acceptors (Lipinski definition) is 5. The molecular formula is C24H23ClN4O3. The zero-order valence-corrected chi connectivity index (χ0v) is 18.3. The summed E-state index contributed by atoms with van der Waals surface area (Å²) in [5, 5.41) is 3.33. The monoisotopic (exact) mass is 450 g/mol. The Kier molecular flexibility index (Phi) is 6.12. The highest BCUT2D eigenvalue weighted by Crippen LogP contribution is 2.25. The molecule has 5 rings (SSSR count). The van der Waals surface area contributed by atoms with Crippen LogP contribution in [-0.2, 0) is 4.74 Å². The number of fused-ring (bicyclic) bond motifs is 1. The van der Waals surface area contributed by atoms with Gasteiger partial charge in [0.2, 0.25) is 0 Å². The van der Waals surface area contributed by atoms with Crippen molar-refractivity contribution in [2.75, 3.05) is 20.2 Å². The lowest BCUT2D eigenvalue weighted by Gasteiger charge is -2.09. The number of pyridine rings is 1. The smallest absolute Gasteiger partial charge is 0.337 e. The van der Waals surface area contributed by atoms with E-state index in [4.69, 9.17) is 4.74 Å². The van der Waals surface area contributed by atoms with Gasteiger partial charge in [0.25, 0.3) is 0 Å². The van der Waals surface area contributed by atoms with E-state index >= 15 is 0 Å². The summed E-state index contributed by atoms with van der Waals surface area (Å²) in [7, 11) is 1.37. The third-order valence-electron chi connectivity index (χ3n) is 5.80. The predicted molar refractivity (Wildman–Crippen MR) is 126 cm³/mol. The van der Waals surface area contributed by atoms with Gasteiger partial charge in [-0.25, -0.2) is 14.6 Å². The van der Waals surface area contributed by atoms with E-state index in [-0.39, 0.29) is 30.1 Å². The summed E-state index contributed by atoms with van der Waals surface area (Å²) in [6.07, 6.45) is 2.64. The van der Waals surface area contributed by atoms with Crippen molar-refractivity contribution in [1.82, 2.24) is 19.4 Å². The van der Waals surface area contributed by atoms with Gasteiger partial charge in [0.15, 0.2) is 5.65 Å². The van der Waals surface area contributed by atoms with Gasteiger partial charge in [-0.2, -0.15) is 0 Å². The first-order valence-electron chi connectivity index (χ1n) is 10.3. The molecule has 1 N–H and O–H groups in total. The van der Waals surface area contributed by atoms with Gasteiger partial charge in [0.1, 0.15) is 0 Å². The number of hydrogen-bond donors (Lipinski definition) is 1. The third kappa shape index (κ3) is 3.70. The number of carbonyl (C=O) groups is 1. The van der Waals surface area contributed by atoms with Crippen LogP contribution in [0.5, 0.6) is 0 Å². The van der Waals surface area contributed by atoms with Gasteiger partial charge in [-0.05, 0) is 60.5 Å². The van der Waals surface area contributed by atoms with Crippen LogP contribution < -0.4 is 11.0 Å². The number of esters is 1. The standard InChI is InChI=1S/C24H22N4O3.ClH/c1-31-23(29)18-6-4-16(5-7-18)17-8-10-19(11-9-17)27-21-3-2-13-26-22(21)28(24(27)30)20-12-14-25-15-20;/h2-11,13,20,25H,12,14-15H2,1H3;1H. The number of methoxy groups -OCH3 is 1. The fourth-order valence-corrected chi connectivity index (χ4v) is 4.21. The minimum atomic E-state index is -0.358.